The van der Waals surface area contributed by atoms with Crippen molar-refractivity contribution in [3.63, 3.8) is 0 Å². The SMILES string of the molecule is C=C(CCN=C(C)C)C(C)=N/C=C\C. The van der Waals surface area contributed by atoms with Gasteiger partial charge in [0.1, 0.15) is 0 Å². The molecule has 0 unspecified atom stereocenters. The molecule has 0 bridgehead atoms. The van der Waals surface area contributed by atoms with Crippen LogP contribution in [0.2, 0.25) is 0 Å². The molecule has 0 aromatic heterocycles. The summed E-state index contributed by atoms with van der Waals surface area (Å²) < 4.78 is 0. The van der Waals surface area contributed by atoms with Crippen molar-refractivity contribution < 1.29 is 0 Å². The zero-order valence-corrected chi connectivity index (χ0v) is 9.67. The molecular formula is C12H20N2. The van der Waals surface area contributed by atoms with Gasteiger partial charge in [-0.25, -0.2) is 0 Å². The molecule has 0 saturated carbocycles. The molecule has 14 heavy (non-hydrogen) atoms. The topological polar surface area (TPSA) is 24.7 Å². The summed E-state index contributed by atoms with van der Waals surface area (Å²) in [6.07, 6.45) is 4.58. The molecule has 0 fully saturated rings. The fourth-order valence-corrected chi connectivity index (χ4v) is 0.873. The Labute approximate surface area is 87.2 Å². The highest BCUT2D eigenvalue weighted by atomic mass is 14.7. The van der Waals surface area contributed by atoms with E-state index in [2.05, 4.69) is 16.6 Å². The molecule has 0 amide bonds. The van der Waals surface area contributed by atoms with Crippen LogP contribution in [0.4, 0.5) is 0 Å². The lowest BCUT2D eigenvalue weighted by atomic mass is 10.1. The van der Waals surface area contributed by atoms with Crippen LogP contribution in [0.5, 0.6) is 0 Å². The molecule has 0 rings (SSSR count). The Morgan fingerprint density at radius 2 is 1.93 bits per heavy atom. The highest BCUT2D eigenvalue weighted by Gasteiger charge is 1.96. The smallest absolute Gasteiger partial charge is 0.0429 e. The van der Waals surface area contributed by atoms with Crippen LogP contribution in [-0.4, -0.2) is 18.0 Å². The molecule has 2 heteroatoms. The van der Waals surface area contributed by atoms with Gasteiger partial charge in [-0.3, -0.25) is 9.98 Å². The van der Waals surface area contributed by atoms with E-state index in [0.717, 1.165) is 30.0 Å². The minimum absolute atomic E-state index is 0.809. The van der Waals surface area contributed by atoms with Crippen molar-refractivity contribution in [2.24, 2.45) is 9.98 Å². The Morgan fingerprint density at radius 1 is 1.29 bits per heavy atom. The second-order valence-corrected chi connectivity index (χ2v) is 3.38. The fourth-order valence-electron chi connectivity index (χ4n) is 0.873. The third-order valence-corrected chi connectivity index (χ3v) is 1.77. The summed E-state index contributed by atoms with van der Waals surface area (Å²) in [5.41, 5.74) is 3.17. The molecule has 0 spiro atoms. The van der Waals surface area contributed by atoms with Crippen LogP contribution in [-0.2, 0) is 0 Å². The lowest BCUT2D eigenvalue weighted by molar-refractivity contribution is 0.981. The van der Waals surface area contributed by atoms with Crippen molar-refractivity contribution in [1.29, 1.82) is 0 Å². The molecule has 0 heterocycles. The number of allylic oxidation sites excluding steroid dienone is 1. The summed E-state index contributed by atoms with van der Waals surface area (Å²) in [7, 11) is 0. The molecule has 0 saturated heterocycles. The van der Waals surface area contributed by atoms with E-state index in [4.69, 9.17) is 0 Å². The van der Waals surface area contributed by atoms with Gasteiger partial charge in [-0.2, -0.15) is 0 Å². The predicted octanol–water partition coefficient (Wildman–Crippen LogP) is 3.41. The van der Waals surface area contributed by atoms with Gasteiger partial charge in [0.05, 0.1) is 0 Å². The normalized spacial score (nSPS) is 11.9. The number of aliphatic imine (C=N–C) groups is 2. The van der Waals surface area contributed by atoms with E-state index in [1.165, 1.54) is 0 Å². The molecule has 0 aromatic carbocycles. The lowest BCUT2D eigenvalue weighted by Gasteiger charge is -2.01. The van der Waals surface area contributed by atoms with Gasteiger partial charge in [0.2, 0.25) is 0 Å². The minimum Gasteiger partial charge on any atom is -0.294 e. The molecule has 0 aliphatic carbocycles. The van der Waals surface area contributed by atoms with E-state index in [-0.39, 0.29) is 0 Å². The molecule has 0 N–H and O–H groups in total. The molecule has 0 aliphatic heterocycles. The Morgan fingerprint density at radius 3 is 2.43 bits per heavy atom. The van der Waals surface area contributed by atoms with E-state index < -0.39 is 0 Å². The number of nitrogens with zero attached hydrogens (tertiary/aromatic N) is 2. The van der Waals surface area contributed by atoms with Crippen molar-refractivity contribution in [3.05, 3.63) is 24.4 Å². The van der Waals surface area contributed by atoms with Crippen LogP contribution in [0.25, 0.3) is 0 Å². The maximum absolute atomic E-state index is 4.31. The van der Waals surface area contributed by atoms with Gasteiger partial charge in [0.15, 0.2) is 0 Å². The van der Waals surface area contributed by atoms with Gasteiger partial charge in [0.25, 0.3) is 0 Å². The van der Waals surface area contributed by atoms with E-state index in [9.17, 15) is 0 Å². The van der Waals surface area contributed by atoms with Crippen molar-refractivity contribution in [1.82, 2.24) is 0 Å². The van der Waals surface area contributed by atoms with Gasteiger partial charge >= 0.3 is 0 Å². The zero-order chi connectivity index (χ0) is 11.0. The van der Waals surface area contributed by atoms with Crippen molar-refractivity contribution in [2.75, 3.05) is 6.54 Å². The number of rotatable bonds is 5. The first kappa shape index (κ1) is 12.8. The Bertz CT molecular complexity index is 266. The maximum Gasteiger partial charge on any atom is 0.0429 e. The van der Waals surface area contributed by atoms with E-state index >= 15 is 0 Å². The molecular weight excluding hydrogens is 172 g/mol. The van der Waals surface area contributed by atoms with Crippen molar-refractivity contribution in [3.8, 4) is 0 Å². The average molecular weight is 192 g/mol. The molecule has 0 atom stereocenters. The summed E-state index contributed by atoms with van der Waals surface area (Å²) in [6.45, 7) is 12.7. The van der Waals surface area contributed by atoms with Gasteiger partial charge < -0.3 is 0 Å². The number of hydrogen-bond donors (Lipinski definition) is 0. The monoisotopic (exact) mass is 192 g/mol. The molecule has 0 radical (unpaired) electrons. The standard InChI is InChI=1S/C12H20N2/c1-6-8-14-12(5)11(4)7-9-13-10(2)3/h6,8H,4,7,9H2,1-3,5H3/b8-6-,14-12?. The predicted molar refractivity (Wildman–Crippen MR) is 65.3 cm³/mol. The maximum atomic E-state index is 4.31. The minimum atomic E-state index is 0.809. The van der Waals surface area contributed by atoms with Crippen LogP contribution in [0.15, 0.2) is 34.4 Å². The summed E-state index contributed by atoms with van der Waals surface area (Å²) in [5.74, 6) is 0. The third kappa shape index (κ3) is 6.35. The van der Waals surface area contributed by atoms with Crippen LogP contribution < -0.4 is 0 Å². The quantitative estimate of drug-likeness (QED) is 0.596. The van der Waals surface area contributed by atoms with E-state index in [1.54, 1.807) is 6.20 Å². The second-order valence-electron chi connectivity index (χ2n) is 3.38. The van der Waals surface area contributed by atoms with Crippen LogP contribution >= 0.6 is 0 Å². The first-order valence-corrected chi connectivity index (χ1v) is 4.89. The van der Waals surface area contributed by atoms with Crippen LogP contribution in [0.3, 0.4) is 0 Å². The molecule has 78 valence electrons. The van der Waals surface area contributed by atoms with Crippen LogP contribution in [0, 0.1) is 0 Å². The molecule has 0 aromatic rings. The summed E-state index contributed by atoms with van der Waals surface area (Å²) in [4.78, 5) is 8.54. The molecule has 2 nitrogen and oxygen atoms in total. The van der Waals surface area contributed by atoms with Gasteiger partial charge in [-0.05, 0) is 39.7 Å². The highest BCUT2D eigenvalue weighted by Crippen LogP contribution is 2.02. The average Bonchev–Trinajstić information content (AvgIpc) is 2.13. The van der Waals surface area contributed by atoms with E-state index in [1.807, 2.05) is 33.8 Å². The van der Waals surface area contributed by atoms with Gasteiger partial charge in [-0.1, -0.05) is 12.7 Å². The molecule has 0 aliphatic rings. The Hall–Kier alpha value is -1.18. The third-order valence-electron chi connectivity index (χ3n) is 1.77. The second kappa shape index (κ2) is 7.25. The summed E-state index contributed by atoms with van der Waals surface area (Å²) >= 11 is 0. The van der Waals surface area contributed by atoms with Crippen molar-refractivity contribution in [2.45, 2.75) is 34.1 Å². The Kier molecular flexibility index (Phi) is 6.63. The van der Waals surface area contributed by atoms with Crippen LogP contribution in [0.1, 0.15) is 34.1 Å². The van der Waals surface area contributed by atoms with Gasteiger partial charge in [-0.15, -0.1) is 0 Å². The first-order valence-electron chi connectivity index (χ1n) is 4.89. The Balaban J connectivity index is 4.03. The largest absolute Gasteiger partial charge is 0.294 e. The lowest BCUT2D eigenvalue weighted by Crippen LogP contribution is -1.98. The highest BCUT2D eigenvalue weighted by molar-refractivity contribution is 5.98. The first-order chi connectivity index (χ1) is 6.57. The van der Waals surface area contributed by atoms with E-state index in [0.29, 0.717) is 0 Å². The summed E-state index contributed by atoms with van der Waals surface area (Å²) in [5, 5.41) is 0. The van der Waals surface area contributed by atoms with Gasteiger partial charge in [0, 0.05) is 24.2 Å². The summed E-state index contributed by atoms with van der Waals surface area (Å²) in [6, 6.07) is 0. The number of hydrogen-bond acceptors (Lipinski definition) is 2. The van der Waals surface area contributed by atoms with Crippen molar-refractivity contribution >= 4 is 11.4 Å². The zero-order valence-electron chi connectivity index (χ0n) is 9.67. The fraction of sp³-hybridized carbons (Fsp3) is 0.500.